The second-order valence-corrected chi connectivity index (χ2v) is 11.7. The highest BCUT2D eigenvalue weighted by Crippen LogP contribution is 2.51. The van der Waals surface area contributed by atoms with Crippen molar-refractivity contribution in [2.45, 2.75) is 67.0 Å². The van der Waals surface area contributed by atoms with E-state index in [-0.39, 0.29) is 42.5 Å². The molecule has 0 radical (unpaired) electrons. The fraction of sp³-hybridized carbons (Fsp3) is 0.480. The summed E-state index contributed by atoms with van der Waals surface area (Å²) in [6.07, 6.45) is -11.8. The summed E-state index contributed by atoms with van der Waals surface area (Å²) in [4.78, 5) is 14.2. The van der Waals surface area contributed by atoms with Crippen LogP contribution in [0.25, 0.3) is 0 Å². The number of halogens is 7. The fourth-order valence-corrected chi connectivity index (χ4v) is 6.78. The number of piperidine rings is 1. The molecule has 0 bridgehead atoms. The van der Waals surface area contributed by atoms with Gasteiger partial charge in [0.2, 0.25) is 5.91 Å². The first-order valence-corrected chi connectivity index (χ1v) is 13.7. The molecule has 1 amide bonds. The Morgan fingerprint density at radius 2 is 1.52 bits per heavy atom. The molecule has 220 valence electrons. The van der Waals surface area contributed by atoms with Crippen LogP contribution >= 0.6 is 0 Å². The van der Waals surface area contributed by atoms with Crippen molar-refractivity contribution in [3.63, 3.8) is 0 Å². The normalized spacial score (nSPS) is 19.5. The van der Waals surface area contributed by atoms with Crippen LogP contribution in [-0.2, 0) is 26.8 Å². The van der Waals surface area contributed by atoms with Crippen molar-refractivity contribution in [3.05, 3.63) is 59.4 Å². The average Bonchev–Trinajstić information content (AvgIpc) is 2.87. The fourth-order valence-electron chi connectivity index (χ4n) is 5.06. The monoisotopic (exact) mass is 597 g/mol. The maximum absolute atomic E-state index is 13.7. The van der Waals surface area contributed by atoms with E-state index in [9.17, 15) is 49.1 Å². The van der Waals surface area contributed by atoms with E-state index in [2.05, 4.69) is 0 Å². The summed E-state index contributed by atoms with van der Waals surface area (Å²) in [5, 5.41) is 9.84. The highest BCUT2D eigenvalue weighted by atomic mass is 32.2. The van der Waals surface area contributed by atoms with Crippen molar-refractivity contribution in [2.24, 2.45) is 5.73 Å². The molecule has 1 unspecified atom stereocenters. The number of benzene rings is 2. The molecular weight excluding hydrogens is 571 g/mol. The Hall–Kier alpha value is -2.91. The summed E-state index contributed by atoms with van der Waals surface area (Å²) in [5.74, 6) is -1.13. The summed E-state index contributed by atoms with van der Waals surface area (Å²) in [6, 6.07) is 4.16. The van der Waals surface area contributed by atoms with Crippen LogP contribution in [0.2, 0.25) is 0 Å². The number of carbonyl (C=O) groups is 1. The average molecular weight is 598 g/mol. The van der Waals surface area contributed by atoms with Crippen molar-refractivity contribution in [1.82, 2.24) is 4.90 Å². The number of hydrogen-bond acceptors (Lipinski definition) is 5. The van der Waals surface area contributed by atoms with Crippen LogP contribution in [-0.4, -0.2) is 61.9 Å². The van der Waals surface area contributed by atoms with E-state index in [1.54, 1.807) is 0 Å². The number of rotatable bonds is 5. The number of nitrogens with zero attached hydrogens (tertiary/aromatic N) is 2. The minimum absolute atomic E-state index is 0.0813. The van der Waals surface area contributed by atoms with Crippen molar-refractivity contribution in [1.29, 1.82) is 0 Å². The Bertz CT molecular complexity index is 1340. The number of aryl methyl sites for hydroxylation is 1. The molecule has 0 spiro atoms. The first-order valence-electron chi connectivity index (χ1n) is 12.3. The predicted molar refractivity (Wildman–Crippen MR) is 129 cm³/mol. The number of hydrogen-bond donors (Lipinski definition) is 2. The number of anilines is 1. The first-order chi connectivity index (χ1) is 18.5. The lowest BCUT2D eigenvalue weighted by Crippen LogP contribution is -2.54. The van der Waals surface area contributed by atoms with Gasteiger partial charge in [-0.15, -0.1) is 0 Å². The number of sulfonamides is 1. The van der Waals surface area contributed by atoms with Crippen LogP contribution in [0.3, 0.4) is 0 Å². The number of alkyl halides is 6. The quantitative estimate of drug-likeness (QED) is 0.508. The van der Waals surface area contributed by atoms with Gasteiger partial charge in [-0.3, -0.25) is 9.10 Å². The van der Waals surface area contributed by atoms with Crippen LogP contribution in [0.5, 0.6) is 0 Å². The molecule has 2 aromatic carbocycles. The maximum atomic E-state index is 13.7. The minimum Gasteiger partial charge on any atom is -0.369 e. The zero-order valence-electron chi connectivity index (χ0n) is 20.8. The molecule has 3 N–H and O–H groups in total. The third-order valence-electron chi connectivity index (χ3n) is 7.31. The van der Waals surface area contributed by atoms with Crippen molar-refractivity contribution >= 4 is 21.6 Å². The van der Waals surface area contributed by atoms with E-state index >= 15 is 0 Å². The molecule has 2 aliphatic rings. The topological polar surface area (TPSA) is 104 Å². The molecule has 40 heavy (non-hydrogen) atoms. The predicted octanol–water partition coefficient (Wildman–Crippen LogP) is 3.99. The van der Waals surface area contributed by atoms with Gasteiger partial charge in [0.25, 0.3) is 15.6 Å². The third kappa shape index (κ3) is 5.38. The number of likely N-dealkylation sites (tertiary alicyclic amines) is 1. The SMILES string of the molecule is NC1CCN(C(=O)CC2CCc3cc(C(O)(C(F)(F)F)C(F)(F)F)ccc3N2S(=O)(=O)c2ccc(F)cc2)CC1. The van der Waals surface area contributed by atoms with Gasteiger partial charge in [-0.25, -0.2) is 12.8 Å². The van der Waals surface area contributed by atoms with Gasteiger partial charge in [0.05, 0.1) is 16.6 Å². The molecular formula is C25H26F7N3O4S. The zero-order valence-corrected chi connectivity index (χ0v) is 21.7. The van der Waals surface area contributed by atoms with Crippen LogP contribution in [0, 0.1) is 5.82 Å². The van der Waals surface area contributed by atoms with E-state index in [4.69, 9.17) is 5.73 Å². The Kier molecular flexibility index (Phi) is 7.88. The molecule has 2 aromatic rings. The van der Waals surface area contributed by atoms with Crippen LogP contribution in [0.1, 0.15) is 36.8 Å². The number of nitrogens with two attached hydrogens (primary N) is 1. The third-order valence-corrected chi connectivity index (χ3v) is 9.19. The molecule has 0 aliphatic carbocycles. The molecule has 0 saturated carbocycles. The lowest BCUT2D eigenvalue weighted by atomic mass is 9.87. The van der Waals surface area contributed by atoms with Gasteiger partial charge < -0.3 is 15.7 Å². The molecule has 0 aromatic heterocycles. The lowest BCUT2D eigenvalue weighted by Gasteiger charge is -2.40. The smallest absolute Gasteiger partial charge is 0.369 e. The van der Waals surface area contributed by atoms with E-state index < -0.39 is 50.3 Å². The van der Waals surface area contributed by atoms with Gasteiger partial charge in [0.15, 0.2) is 0 Å². The maximum Gasteiger partial charge on any atom is 0.430 e. The standard InChI is InChI=1S/C25H26F7N3O4S/c26-17-3-6-20(7-4-17)40(38,39)35-19(14-22(36)34-11-9-18(33)10-12-34)5-1-15-13-16(2-8-21(15)35)23(37,24(27,28)29)25(30,31)32/h2-4,6-8,13,18-19,37H,1,5,9-12,14,33H2. The van der Waals surface area contributed by atoms with Crippen LogP contribution in [0.15, 0.2) is 47.4 Å². The Balaban J connectivity index is 1.78. The molecule has 1 atom stereocenters. The van der Waals surface area contributed by atoms with Gasteiger partial charge in [-0.1, -0.05) is 12.1 Å². The Morgan fingerprint density at radius 3 is 2.08 bits per heavy atom. The zero-order chi connectivity index (χ0) is 29.7. The second kappa shape index (κ2) is 10.5. The number of carbonyl (C=O) groups excluding carboxylic acids is 1. The van der Waals surface area contributed by atoms with Gasteiger partial charge in [0, 0.05) is 31.1 Å². The van der Waals surface area contributed by atoms with E-state index in [1.165, 1.54) is 4.90 Å². The highest BCUT2D eigenvalue weighted by molar-refractivity contribution is 7.92. The number of aliphatic hydroxyl groups is 1. The molecule has 2 heterocycles. The largest absolute Gasteiger partial charge is 0.430 e. The van der Waals surface area contributed by atoms with E-state index in [0.29, 0.717) is 38.1 Å². The van der Waals surface area contributed by atoms with Crippen LogP contribution < -0.4 is 10.0 Å². The molecule has 4 rings (SSSR count). The Morgan fingerprint density at radius 1 is 0.950 bits per heavy atom. The molecule has 1 saturated heterocycles. The minimum atomic E-state index is -6.13. The highest BCUT2D eigenvalue weighted by Gasteiger charge is 2.71. The number of amides is 1. The molecule has 2 aliphatic heterocycles. The van der Waals surface area contributed by atoms with Gasteiger partial charge in [-0.2, -0.15) is 26.3 Å². The van der Waals surface area contributed by atoms with E-state index in [0.717, 1.165) is 34.6 Å². The summed E-state index contributed by atoms with van der Waals surface area (Å²) < 4.78 is 123. The van der Waals surface area contributed by atoms with Gasteiger partial charge in [0.1, 0.15) is 5.82 Å². The summed E-state index contributed by atoms with van der Waals surface area (Å²) in [7, 11) is -4.56. The second-order valence-electron chi connectivity index (χ2n) is 9.92. The molecule has 7 nitrogen and oxygen atoms in total. The first kappa shape index (κ1) is 30.1. The molecule has 1 fully saturated rings. The van der Waals surface area contributed by atoms with E-state index in [1.807, 2.05) is 0 Å². The number of fused-ring (bicyclic) bond motifs is 1. The van der Waals surface area contributed by atoms with Crippen LogP contribution in [0.4, 0.5) is 36.4 Å². The summed E-state index contributed by atoms with van der Waals surface area (Å²) in [6.45, 7) is 0.704. The van der Waals surface area contributed by atoms with Gasteiger partial charge in [-0.05, 0) is 61.6 Å². The summed E-state index contributed by atoms with van der Waals surface area (Å²) in [5.41, 5.74) is -1.30. The van der Waals surface area contributed by atoms with Crippen molar-refractivity contribution in [2.75, 3.05) is 17.4 Å². The summed E-state index contributed by atoms with van der Waals surface area (Å²) >= 11 is 0. The van der Waals surface area contributed by atoms with Crippen molar-refractivity contribution < 1.29 is 49.1 Å². The van der Waals surface area contributed by atoms with Gasteiger partial charge >= 0.3 is 12.4 Å². The molecule has 15 heteroatoms. The Labute approximate surface area is 225 Å². The lowest BCUT2D eigenvalue weighted by molar-refractivity contribution is -0.376. The van der Waals surface area contributed by atoms with Crippen molar-refractivity contribution in [3.8, 4) is 0 Å².